The van der Waals surface area contributed by atoms with Gasteiger partial charge in [-0.25, -0.2) is 0 Å². The van der Waals surface area contributed by atoms with E-state index in [1.165, 1.54) is 0 Å². The van der Waals surface area contributed by atoms with Crippen LogP contribution in [0.25, 0.3) is 0 Å². The highest BCUT2D eigenvalue weighted by atomic mass is 16.5. The molecule has 3 saturated carbocycles. The maximum Gasteiger partial charge on any atom is 0.310 e. The number of allylic oxidation sites excluding steroid dienone is 1. The summed E-state index contributed by atoms with van der Waals surface area (Å²) in [5, 5.41) is 0. The molecular formula is C43H65NO5. The van der Waals surface area contributed by atoms with Crippen LogP contribution in [0, 0.1) is 62.6 Å². The van der Waals surface area contributed by atoms with Crippen LogP contribution >= 0.6 is 0 Å². The summed E-state index contributed by atoms with van der Waals surface area (Å²) in [4.78, 5) is 25.6. The Kier molecular flexibility index (Phi) is 10.1. The van der Waals surface area contributed by atoms with Crippen LogP contribution in [0.3, 0.4) is 0 Å². The van der Waals surface area contributed by atoms with Gasteiger partial charge in [0.15, 0.2) is 0 Å². The van der Waals surface area contributed by atoms with E-state index in [1.807, 2.05) is 30.3 Å². The summed E-state index contributed by atoms with van der Waals surface area (Å²) in [6.07, 6.45) is 11.2. The Balaban J connectivity index is 1.34. The predicted molar refractivity (Wildman–Crippen MR) is 194 cm³/mol. The van der Waals surface area contributed by atoms with Crippen molar-refractivity contribution in [2.75, 3.05) is 19.8 Å². The molecule has 1 heterocycles. The summed E-state index contributed by atoms with van der Waals surface area (Å²) in [6.45, 7) is 21.5. The topological polar surface area (TPSA) is 87.9 Å². The number of hydrogen-bond donors (Lipinski definition) is 1. The first-order chi connectivity index (χ1) is 23.2. The molecule has 6 rings (SSSR count). The first-order valence-electron chi connectivity index (χ1n) is 19.5. The summed E-state index contributed by atoms with van der Waals surface area (Å²) in [5.74, 6) is 1.93. The maximum atomic E-state index is 14.7. The smallest absolute Gasteiger partial charge is 0.310 e. The van der Waals surface area contributed by atoms with Crippen molar-refractivity contribution in [1.82, 2.24) is 0 Å². The number of nitrogens with two attached hydrogens (primary N) is 1. The van der Waals surface area contributed by atoms with Crippen molar-refractivity contribution < 1.29 is 23.8 Å². The highest BCUT2D eigenvalue weighted by Crippen LogP contribution is 2.75. The number of carbonyl (C=O) groups is 2. The summed E-state index contributed by atoms with van der Waals surface area (Å²) >= 11 is 0. The molecule has 4 aliphatic carbocycles. The van der Waals surface area contributed by atoms with Gasteiger partial charge in [-0.15, -0.1) is 0 Å². The molecule has 0 amide bonds. The molecule has 6 nitrogen and oxygen atoms in total. The summed E-state index contributed by atoms with van der Waals surface area (Å²) < 4.78 is 19.7. The number of esters is 1. The number of benzene rings is 1. The number of aldehydes is 1. The van der Waals surface area contributed by atoms with Gasteiger partial charge in [0.05, 0.1) is 31.8 Å². The van der Waals surface area contributed by atoms with Crippen molar-refractivity contribution in [1.29, 1.82) is 0 Å². The fraction of sp³-hybridized carbons (Fsp3) is 0.767. The van der Waals surface area contributed by atoms with Gasteiger partial charge in [-0.2, -0.15) is 0 Å². The van der Waals surface area contributed by atoms with Gasteiger partial charge >= 0.3 is 5.97 Å². The van der Waals surface area contributed by atoms with Gasteiger partial charge in [0.25, 0.3) is 0 Å². The van der Waals surface area contributed by atoms with Crippen molar-refractivity contribution in [3.05, 3.63) is 47.5 Å². The lowest BCUT2D eigenvalue weighted by Gasteiger charge is -2.71. The molecule has 2 bridgehead atoms. The lowest BCUT2D eigenvalue weighted by molar-refractivity contribution is -0.251. The molecule has 1 saturated heterocycles. The highest BCUT2D eigenvalue weighted by Gasteiger charge is 2.71. The third kappa shape index (κ3) is 5.79. The summed E-state index contributed by atoms with van der Waals surface area (Å²) in [6, 6.07) is 10.0. The van der Waals surface area contributed by atoms with Crippen LogP contribution in [-0.2, 0) is 30.4 Å². The quantitative estimate of drug-likeness (QED) is 0.144. The Bertz CT molecular complexity index is 1390. The molecule has 272 valence electrons. The van der Waals surface area contributed by atoms with Crippen molar-refractivity contribution in [2.45, 2.75) is 126 Å². The van der Waals surface area contributed by atoms with E-state index in [9.17, 15) is 9.59 Å². The zero-order valence-corrected chi connectivity index (χ0v) is 31.8. The number of ether oxygens (including phenoxy) is 3. The van der Waals surface area contributed by atoms with E-state index in [2.05, 4.69) is 61.5 Å². The van der Waals surface area contributed by atoms with Crippen LogP contribution in [0.5, 0.6) is 0 Å². The molecule has 49 heavy (non-hydrogen) atoms. The molecule has 1 aromatic rings. The highest BCUT2D eigenvalue weighted by molar-refractivity contribution is 5.75. The largest absolute Gasteiger partial charge is 0.461 e. The number of hydrogen-bond acceptors (Lipinski definition) is 6. The summed E-state index contributed by atoms with van der Waals surface area (Å²) in [7, 11) is 0. The molecular weight excluding hydrogens is 610 g/mol. The molecule has 2 N–H and O–H groups in total. The van der Waals surface area contributed by atoms with E-state index >= 15 is 0 Å². The average Bonchev–Trinajstić information content (AvgIpc) is 3.06. The minimum atomic E-state index is -0.225. The first kappa shape index (κ1) is 36.8. The van der Waals surface area contributed by atoms with Gasteiger partial charge in [-0.05, 0) is 96.3 Å². The van der Waals surface area contributed by atoms with Crippen LogP contribution in [0.2, 0.25) is 0 Å². The average molecular weight is 676 g/mol. The molecule has 2 unspecified atom stereocenters. The molecule has 6 heteroatoms. The van der Waals surface area contributed by atoms with E-state index in [1.54, 1.807) is 5.57 Å². The van der Waals surface area contributed by atoms with Crippen molar-refractivity contribution in [3.63, 3.8) is 0 Å². The van der Waals surface area contributed by atoms with Gasteiger partial charge in [-0.1, -0.05) is 97.4 Å². The summed E-state index contributed by atoms with van der Waals surface area (Å²) in [5.41, 5.74) is 8.53. The SMILES string of the molecule is CC(C)[C@@H](C)[C@@]1(C)CC[C@]2(C)[C@H]3CC[C@@H]4C5(COC[C@]4(C)[C@@H](OCC(N)CCC=O)[C@H](C)C5)C3=CC[C@@]2(C)[C@@H]1C(=O)OCc1ccccc1. The zero-order chi connectivity index (χ0) is 35.4. The van der Waals surface area contributed by atoms with E-state index in [0.29, 0.717) is 62.3 Å². The molecule has 0 aromatic heterocycles. The Hall–Kier alpha value is -2.02. The molecule has 4 fully saturated rings. The number of fused-ring (bicyclic) bond motifs is 3. The number of rotatable bonds is 11. The van der Waals surface area contributed by atoms with Crippen LogP contribution in [0.4, 0.5) is 0 Å². The molecule has 0 spiro atoms. The molecule has 0 radical (unpaired) electrons. The van der Waals surface area contributed by atoms with E-state index in [4.69, 9.17) is 19.9 Å². The maximum absolute atomic E-state index is 14.7. The Morgan fingerprint density at radius 2 is 1.78 bits per heavy atom. The molecule has 12 atom stereocenters. The lowest BCUT2D eigenvalue weighted by atomic mass is 9.34. The Morgan fingerprint density at radius 1 is 1.04 bits per heavy atom. The number of carbonyl (C=O) groups excluding carboxylic acids is 2. The van der Waals surface area contributed by atoms with E-state index in [-0.39, 0.29) is 51.1 Å². The van der Waals surface area contributed by atoms with Gasteiger partial charge in [-0.3, -0.25) is 4.79 Å². The van der Waals surface area contributed by atoms with Crippen LogP contribution in [0.15, 0.2) is 42.0 Å². The second-order valence-corrected chi connectivity index (χ2v) is 18.5. The Labute approximate surface area is 296 Å². The van der Waals surface area contributed by atoms with Gasteiger partial charge in [0.2, 0.25) is 0 Å². The van der Waals surface area contributed by atoms with Crippen LogP contribution in [-0.4, -0.2) is 44.2 Å². The normalized spacial score (nSPS) is 42.6. The van der Waals surface area contributed by atoms with Gasteiger partial charge < -0.3 is 24.7 Å². The second-order valence-electron chi connectivity index (χ2n) is 18.5. The zero-order valence-electron chi connectivity index (χ0n) is 31.8. The molecule has 1 aliphatic heterocycles. The van der Waals surface area contributed by atoms with Gasteiger partial charge in [0.1, 0.15) is 12.9 Å². The van der Waals surface area contributed by atoms with Crippen LogP contribution < -0.4 is 5.73 Å². The van der Waals surface area contributed by atoms with E-state index < -0.39 is 0 Å². The third-order valence-corrected chi connectivity index (χ3v) is 15.7. The first-order valence-corrected chi connectivity index (χ1v) is 19.5. The van der Waals surface area contributed by atoms with Crippen molar-refractivity contribution in [3.8, 4) is 0 Å². The molecule has 1 aromatic carbocycles. The minimum Gasteiger partial charge on any atom is -0.461 e. The van der Waals surface area contributed by atoms with E-state index in [0.717, 1.165) is 57.0 Å². The van der Waals surface area contributed by atoms with Crippen LogP contribution in [0.1, 0.15) is 112 Å². The lowest BCUT2D eigenvalue weighted by Crippen LogP contribution is -2.69. The van der Waals surface area contributed by atoms with Crippen molar-refractivity contribution >= 4 is 12.3 Å². The van der Waals surface area contributed by atoms with Gasteiger partial charge in [0, 0.05) is 23.3 Å². The Morgan fingerprint density at radius 3 is 2.47 bits per heavy atom. The van der Waals surface area contributed by atoms with Crippen molar-refractivity contribution in [2.24, 2.45) is 68.3 Å². The second kappa shape index (κ2) is 13.5. The monoisotopic (exact) mass is 675 g/mol. The fourth-order valence-corrected chi connectivity index (χ4v) is 12.8. The molecule has 5 aliphatic rings. The predicted octanol–water partition coefficient (Wildman–Crippen LogP) is 8.56. The fourth-order valence-electron chi connectivity index (χ4n) is 12.8. The minimum absolute atomic E-state index is 0.00550. The standard InChI is InChI=1S/C43H65NO5/c1-28(2)30(4)39(5)20-21-41(7)33-16-17-35-40(6)26-47-27-43(35,23-29(3)37(40)48-25-32(44)15-12-22-45)34(33)18-19-42(41,8)36(39)38(46)49-24-31-13-10-9-11-14-31/h9-11,13-14,18,22,28-30,32-33,35-37H,12,15-17,19-21,23-27,44H2,1-8H3/t29-,30-,32?,33+,35+,36-,37+,39-,40+,41-,42+,43?/m1/s1. The third-order valence-electron chi connectivity index (χ3n) is 15.7.